The fourth-order valence-corrected chi connectivity index (χ4v) is 5.16. The molecule has 2 aromatic carbocycles. The molecule has 7 nitrogen and oxygen atoms in total. The molecule has 0 unspecified atom stereocenters. The van der Waals surface area contributed by atoms with Crippen LogP contribution in [-0.2, 0) is 16.5 Å². The lowest BCUT2D eigenvalue weighted by Gasteiger charge is -2.35. The molecule has 0 radical (unpaired) electrons. The van der Waals surface area contributed by atoms with Crippen LogP contribution < -0.4 is 4.90 Å². The van der Waals surface area contributed by atoms with Crippen molar-refractivity contribution >= 4 is 59.8 Å². The van der Waals surface area contributed by atoms with E-state index < -0.39 is 10.1 Å². The lowest BCUT2D eigenvalue weighted by molar-refractivity contribution is 0.483. The molecule has 0 aliphatic carbocycles. The highest BCUT2D eigenvalue weighted by atomic mass is 35.5. The Kier molecular flexibility index (Phi) is 5.32. The molecule has 0 saturated carbocycles. The van der Waals surface area contributed by atoms with E-state index in [-0.39, 0.29) is 16.6 Å². The highest BCUT2D eigenvalue weighted by Gasteiger charge is 2.25. The fraction of sp³-hybridized carbons (Fsp3) is 0.316. The number of anilines is 1. The van der Waals surface area contributed by atoms with Gasteiger partial charge in [-0.1, -0.05) is 22.9 Å². The second kappa shape index (κ2) is 7.64. The summed E-state index contributed by atoms with van der Waals surface area (Å²) in [6.45, 7) is 4.94. The first-order chi connectivity index (χ1) is 13.7. The molecular weight excluding hydrogens is 432 g/mol. The summed E-state index contributed by atoms with van der Waals surface area (Å²) in [5, 5.41) is 9.22. The van der Waals surface area contributed by atoms with E-state index in [1.165, 1.54) is 17.4 Å². The smallest absolute Gasteiger partial charge is 0.296 e. The summed E-state index contributed by atoms with van der Waals surface area (Å²) in [4.78, 5) is 6.24. The van der Waals surface area contributed by atoms with Crippen molar-refractivity contribution in [1.82, 2.24) is 4.98 Å². The average Bonchev–Trinajstić information content (AvgIpc) is 3.06. The van der Waals surface area contributed by atoms with E-state index in [0.717, 1.165) is 40.9 Å². The van der Waals surface area contributed by atoms with Crippen molar-refractivity contribution in [2.24, 2.45) is 10.2 Å². The maximum Gasteiger partial charge on any atom is 0.296 e. The molecule has 1 aromatic heterocycles. The zero-order valence-electron chi connectivity index (χ0n) is 15.8. The molecule has 1 aliphatic heterocycles. The van der Waals surface area contributed by atoms with Gasteiger partial charge in [-0.3, -0.25) is 4.55 Å². The number of fused-ring (bicyclic) bond motifs is 2. The molecule has 152 valence electrons. The van der Waals surface area contributed by atoms with E-state index in [0.29, 0.717) is 10.2 Å². The number of aromatic nitrogens is 1. The van der Waals surface area contributed by atoms with Crippen LogP contribution in [0.15, 0.2) is 45.5 Å². The third-order valence-electron chi connectivity index (χ3n) is 4.80. The largest absolute Gasteiger partial charge is 0.369 e. The van der Waals surface area contributed by atoms with Gasteiger partial charge in [0.15, 0.2) is 0 Å². The van der Waals surface area contributed by atoms with Crippen molar-refractivity contribution in [3.63, 3.8) is 0 Å². The van der Waals surface area contributed by atoms with Crippen molar-refractivity contribution in [2.75, 3.05) is 11.4 Å². The molecule has 29 heavy (non-hydrogen) atoms. The predicted octanol–water partition coefficient (Wildman–Crippen LogP) is 5.77. The number of hydrogen-bond donors (Lipinski definition) is 1. The zero-order valence-corrected chi connectivity index (χ0v) is 18.2. The maximum atomic E-state index is 12.0. The van der Waals surface area contributed by atoms with Crippen LogP contribution in [0, 0.1) is 0 Å². The molecule has 0 saturated heterocycles. The van der Waals surface area contributed by atoms with E-state index in [4.69, 9.17) is 11.6 Å². The standard InChI is InChI=1S/C19H19ClN4O3S2/c1-11(2)24-7-3-4-12-8-15(18(10-16(12)24)29(25,26)27)22-23-19-21-14-6-5-13(20)9-17(14)28-19/h5-6,8-11H,3-4,7H2,1-2H3,(H,25,26,27). The number of hydrogen-bond acceptors (Lipinski definition) is 7. The van der Waals surface area contributed by atoms with Crippen LogP contribution in [0.3, 0.4) is 0 Å². The summed E-state index contributed by atoms with van der Waals surface area (Å²) in [7, 11) is -4.47. The fourth-order valence-electron chi connectivity index (χ4n) is 3.48. The van der Waals surface area contributed by atoms with Crippen LogP contribution in [0.5, 0.6) is 0 Å². The highest BCUT2D eigenvalue weighted by Crippen LogP contribution is 2.38. The van der Waals surface area contributed by atoms with Gasteiger partial charge < -0.3 is 4.90 Å². The third-order valence-corrected chi connectivity index (χ3v) is 6.82. The lowest BCUT2D eigenvalue weighted by Crippen LogP contribution is -2.35. The number of benzene rings is 2. The SMILES string of the molecule is CC(C)N1CCCc2cc(N=Nc3nc4ccc(Cl)cc4s3)c(S(=O)(=O)O)cc21. The molecule has 0 atom stereocenters. The molecule has 4 rings (SSSR count). The Morgan fingerprint density at radius 2 is 2.03 bits per heavy atom. The molecular formula is C19H19ClN4O3S2. The number of azo groups is 1. The number of aryl methyl sites for hydroxylation is 1. The predicted molar refractivity (Wildman–Crippen MR) is 116 cm³/mol. The zero-order chi connectivity index (χ0) is 20.8. The Labute approximate surface area is 177 Å². The van der Waals surface area contributed by atoms with Crippen molar-refractivity contribution in [3.05, 3.63) is 40.9 Å². The molecule has 1 aliphatic rings. The van der Waals surface area contributed by atoms with E-state index in [2.05, 4.69) is 34.0 Å². The summed E-state index contributed by atoms with van der Waals surface area (Å²) in [5.41, 5.74) is 2.64. The van der Waals surface area contributed by atoms with Crippen LogP contribution in [0.25, 0.3) is 10.2 Å². The van der Waals surface area contributed by atoms with Gasteiger partial charge in [-0.15, -0.1) is 10.2 Å². The van der Waals surface area contributed by atoms with Crippen LogP contribution >= 0.6 is 22.9 Å². The van der Waals surface area contributed by atoms with Gasteiger partial charge in [-0.05, 0) is 62.6 Å². The minimum atomic E-state index is -4.47. The van der Waals surface area contributed by atoms with E-state index in [1.54, 1.807) is 24.3 Å². The van der Waals surface area contributed by atoms with Crippen LogP contribution in [0.1, 0.15) is 25.8 Å². The van der Waals surface area contributed by atoms with Gasteiger partial charge in [-0.25, -0.2) is 4.98 Å². The van der Waals surface area contributed by atoms with Crippen LogP contribution in [0.2, 0.25) is 5.02 Å². The second-order valence-corrected chi connectivity index (χ2v) is 9.96. The number of rotatable bonds is 4. The Morgan fingerprint density at radius 3 is 2.76 bits per heavy atom. The minimum absolute atomic E-state index is 0.106. The summed E-state index contributed by atoms with van der Waals surface area (Å²) in [6.07, 6.45) is 1.78. The molecule has 0 amide bonds. The van der Waals surface area contributed by atoms with E-state index >= 15 is 0 Å². The van der Waals surface area contributed by atoms with Crippen molar-refractivity contribution < 1.29 is 13.0 Å². The summed E-state index contributed by atoms with van der Waals surface area (Å²) in [5.74, 6) is 0. The first-order valence-corrected chi connectivity index (χ1v) is 11.7. The molecule has 2 heterocycles. The highest BCUT2D eigenvalue weighted by molar-refractivity contribution is 7.86. The van der Waals surface area contributed by atoms with Crippen molar-refractivity contribution in [1.29, 1.82) is 0 Å². The monoisotopic (exact) mass is 450 g/mol. The second-order valence-electron chi connectivity index (χ2n) is 7.12. The van der Waals surface area contributed by atoms with E-state index in [1.807, 2.05) is 0 Å². The van der Waals surface area contributed by atoms with Crippen molar-refractivity contribution in [2.45, 2.75) is 37.6 Å². The van der Waals surface area contributed by atoms with Gasteiger partial charge >= 0.3 is 0 Å². The molecule has 0 spiro atoms. The van der Waals surface area contributed by atoms with Crippen LogP contribution in [-0.4, -0.2) is 30.5 Å². The Morgan fingerprint density at radius 1 is 1.24 bits per heavy atom. The van der Waals surface area contributed by atoms with Gasteiger partial charge in [-0.2, -0.15) is 8.42 Å². The van der Waals surface area contributed by atoms with Gasteiger partial charge in [0.25, 0.3) is 10.1 Å². The normalized spacial score (nSPS) is 14.9. The Hall–Kier alpha value is -2.07. The maximum absolute atomic E-state index is 12.0. The van der Waals surface area contributed by atoms with Gasteiger partial charge in [0.1, 0.15) is 10.6 Å². The molecule has 1 N–H and O–H groups in total. The summed E-state index contributed by atoms with van der Waals surface area (Å²) in [6, 6.07) is 8.72. The topological polar surface area (TPSA) is 95.2 Å². The summed E-state index contributed by atoms with van der Waals surface area (Å²) >= 11 is 7.30. The molecule has 0 bridgehead atoms. The van der Waals surface area contributed by atoms with E-state index in [9.17, 15) is 13.0 Å². The van der Waals surface area contributed by atoms with Gasteiger partial charge in [0.05, 0.1) is 10.2 Å². The first kappa shape index (κ1) is 20.2. The number of halogens is 1. The summed E-state index contributed by atoms with van der Waals surface area (Å²) < 4.78 is 34.7. The molecule has 3 aromatic rings. The van der Waals surface area contributed by atoms with Gasteiger partial charge in [0, 0.05) is 23.3 Å². The molecule has 0 fully saturated rings. The third kappa shape index (κ3) is 4.13. The Bertz CT molecular complexity index is 1220. The quantitative estimate of drug-likeness (QED) is 0.402. The Balaban J connectivity index is 1.78. The average molecular weight is 451 g/mol. The van der Waals surface area contributed by atoms with Crippen LogP contribution in [0.4, 0.5) is 16.5 Å². The first-order valence-electron chi connectivity index (χ1n) is 9.11. The van der Waals surface area contributed by atoms with Gasteiger partial charge in [0.2, 0.25) is 5.13 Å². The number of nitrogens with zero attached hydrogens (tertiary/aromatic N) is 4. The van der Waals surface area contributed by atoms with Crippen molar-refractivity contribution in [3.8, 4) is 0 Å². The lowest BCUT2D eigenvalue weighted by atomic mass is 10.00. The number of thiazole rings is 1. The minimum Gasteiger partial charge on any atom is -0.369 e. The molecule has 10 heteroatoms.